The van der Waals surface area contributed by atoms with Gasteiger partial charge in [-0.3, -0.25) is 0 Å². The average molecular weight is 273 g/mol. The molecule has 1 aromatic rings. The van der Waals surface area contributed by atoms with E-state index in [-0.39, 0.29) is 11.6 Å². The number of hydrogen-bond acceptors (Lipinski definition) is 3. The van der Waals surface area contributed by atoms with E-state index < -0.39 is 0 Å². The fourth-order valence-corrected chi connectivity index (χ4v) is 3.96. The van der Waals surface area contributed by atoms with Crippen LogP contribution in [0, 0.1) is 5.92 Å². The molecule has 1 aliphatic carbocycles. The second kappa shape index (κ2) is 4.83. The van der Waals surface area contributed by atoms with E-state index in [0.29, 0.717) is 5.92 Å². The third kappa shape index (κ3) is 2.09. The standard InChI is InChI=1S/C17H23NO2/c18-16(12-2-3-14-10-19-11-15(14)8-12)13-4-7-20-17(9-13)5-1-6-17/h2-3,8,13,16H,1,4-7,9-11,18H2. The maximum Gasteiger partial charge on any atom is 0.0725 e. The lowest BCUT2D eigenvalue weighted by atomic mass is 9.70. The monoisotopic (exact) mass is 273 g/mol. The normalized spacial score (nSPS) is 28.9. The lowest BCUT2D eigenvalue weighted by Gasteiger charge is -2.48. The summed E-state index contributed by atoms with van der Waals surface area (Å²) in [6.07, 6.45) is 6.01. The fraction of sp³-hybridized carbons (Fsp3) is 0.647. The minimum Gasteiger partial charge on any atom is -0.375 e. The van der Waals surface area contributed by atoms with Gasteiger partial charge in [0, 0.05) is 12.6 Å². The molecular formula is C17H23NO2. The van der Waals surface area contributed by atoms with Crippen LogP contribution in [0.4, 0.5) is 0 Å². The van der Waals surface area contributed by atoms with Crippen molar-refractivity contribution in [2.75, 3.05) is 6.61 Å². The highest BCUT2D eigenvalue weighted by atomic mass is 16.5. The summed E-state index contributed by atoms with van der Waals surface area (Å²) in [5, 5.41) is 0. The Morgan fingerprint density at radius 2 is 2.05 bits per heavy atom. The Kier molecular flexibility index (Phi) is 3.09. The quantitative estimate of drug-likeness (QED) is 0.900. The molecule has 0 bridgehead atoms. The summed E-state index contributed by atoms with van der Waals surface area (Å²) in [7, 11) is 0. The zero-order valence-corrected chi connectivity index (χ0v) is 11.9. The van der Waals surface area contributed by atoms with Crippen molar-refractivity contribution in [2.45, 2.75) is 57.0 Å². The van der Waals surface area contributed by atoms with Gasteiger partial charge in [-0.2, -0.15) is 0 Å². The summed E-state index contributed by atoms with van der Waals surface area (Å²) >= 11 is 0. The predicted molar refractivity (Wildman–Crippen MR) is 77.1 cm³/mol. The fourth-order valence-electron chi connectivity index (χ4n) is 3.96. The van der Waals surface area contributed by atoms with Crippen LogP contribution in [0.3, 0.4) is 0 Å². The van der Waals surface area contributed by atoms with Crippen molar-refractivity contribution in [3.63, 3.8) is 0 Å². The van der Waals surface area contributed by atoms with Crippen LogP contribution in [0.1, 0.15) is 54.8 Å². The van der Waals surface area contributed by atoms with Gasteiger partial charge in [-0.25, -0.2) is 0 Å². The number of nitrogens with two attached hydrogens (primary N) is 1. The molecule has 2 fully saturated rings. The lowest BCUT2D eigenvalue weighted by molar-refractivity contribution is -0.146. The summed E-state index contributed by atoms with van der Waals surface area (Å²) in [6, 6.07) is 6.79. The third-order valence-corrected chi connectivity index (χ3v) is 5.43. The van der Waals surface area contributed by atoms with Crippen LogP contribution in [0.25, 0.3) is 0 Å². The number of hydrogen-bond donors (Lipinski definition) is 1. The molecule has 0 aromatic heterocycles. The topological polar surface area (TPSA) is 44.5 Å². The van der Waals surface area contributed by atoms with Crippen molar-refractivity contribution in [3.05, 3.63) is 34.9 Å². The van der Waals surface area contributed by atoms with E-state index >= 15 is 0 Å². The van der Waals surface area contributed by atoms with Gasteiger partial charge in [0.15, 0.2) is 0 Å². The van der Waals surface area contributed by atoms with Crippen molar-refractivity contribution in [1.29, 1.82) is 0 Å². The van der Waals surface area contributed by atoms with Gasteiger partial charge in [-0.1, -0.05) is 18.2 Å². The van der Waals surface area contributed by atoms with Gasteiger partial charge in [-0.05, 0) is 54.7 Å². The Labute approximate surface area is 120 Å². The van der Waals surface area contributed by atoms with Crippen LogP contribution in [-0.2, 0) is 22.7 Å². The molecule has 108 valence electrons. The zero-order chi connectivity index (χ0) is 13.6. The molecule has 3 nitrogen and oxygen atoms in total. The second-order valence-corrected chi connectivity index (χ2v) is 6.68. The molecule has 3 heteroatoms. The van der Waals surface area contributed by atoms with Gasteiger partial charge in [0.2, 0.25) is 0 Å². The van der Waals surface area contributed by atoms with Gasteiger partial charge in [0.1, 0.15) is 0 Å². The first kappa shape index (κ1) is 12.8. The van der Waals surface area contributed by atoms with E-state index in [9.17, 15) is 0 Å². The molecule has 1 spiro atoms. The van der Waals surface area contributed by atoms with E-state index in [1.54, 1.807) is 0 Å². The second-order valence-electron chi connectivity index (χ2n) is 6.68. The zero-order valence-electron chi connectivity index (χ0n) is 11.9. The van der Waals surface area contributed by atoms with Crippen molar-refractivity contribution in [2.24, 2.45) is 11.7 Å². The van der Waals surface area contributed by atoms with E-state index in [2.05, 4.69) is 18.2 Å². The average Bonchev–Trinajstić information content (AvgIpc) is 2.92. The Morgan fingerprint density at radius 1 is 1.20 bits per heavy atom. The SMILES string of the molecule is NC(c1ccc2c(c1)COC2)C1CCOC2(CCC2)C1. The van der Waals surface area contributed by atoms with E-state index in [1.165, 1.54) is 36.0 Å². The Hall–Kier alpha value is -0.900. The van der Waals surface area contributed by atoms with Crippen molar-refractivity contribution in [3.8, 4) is 0 Å². The van der Waals surface area contributed by atoms with Gasteiger partial charge in [0.05, 0.1) is 18.8 Å². The Morgan fingerprint density at radius 3 is 2.85 bits per heavy atom. The molecule has 0 radical (unpaired) electrons. The molecule has 2 N–H and O–H groups in total. The van der Waals surface area contributed by atoms with E-state index in [0.717, 1.165) is 32.7 Å². The molecule has 3 aliphatic rings. The summed E-state index contributed by atoms with van der Waals surface area (Å²) in [4.78, 5) is 0. The number of fused-ring (bicyclic) bond motifs is 1. The molecule has 2 atom stereocenters. The molecule has 2 unspecified atom stereocenters. The smallest absolute Gasteiger partial charge is 0.0725 e. The van der Waals surface area contributed by atoms with Crippen molar-refractivity contribution < 1.29 is 9.47 Å². The molecule has 2 aliphatic heterocycles. The van der Waals surface area contributed by atoms with E-state index in [4.69, 9.17) is 15.2 Å². The molecule has 1 aromatic carbocycles. The third-order valence-electron chi connectivity index (χ3n) is 5.43. The molecule has 2 heterocycles. The number of ether oxygens (including phenoxy) is 2. The molecule has 20 heavy (non-hydrogen) atoms. The first-order valence-corrected chi connectivity index (χ1v) is 7.85. The first-order valence-electron chi connectivity index (χ1n) is 7.85. The largest absolute Gasteiger partial charge is 0.375 e. The summed E-state index contributed by atoms with van der Waals surface area (Å²) in [5.41, 5.74) is 10.7. The molecular weight excluding hydrogens is 250 g/mol. The van der Waals surface area contributed by atoms with Gasteiger partial charge in [-0.15, -0.1) is 0 Å². The maximum atomic E-state index is 6.57. The van der Waals surface area contributed by atoms with Crippen LogP contribution in [-0.4, -0.2) is 12.2 Å². The molecule has 1 saturated heterocycles. The highest BCUT2D eigenvalue weighted by Crippen LogP contribution is 2.46. The molecule has 1 saturated carbocycles. The Balaban J connectivity index is 1.53. The summed E-state index contributed by atoms with van der Waals surface area (Å²) in [6.45, 7) is 2.38. The summed E-state index contributed by atoms with van der Waals surface area (Å²) < 4.78 is 11.5. The lowest BCUT2D eigenvalue weighted by Crippen LogP contribution is -2.47. The van der Waals surface area contributed by atoms with Crippen molar-refractivity contribution >= 4 is 0 Å². The van der Waals surface area contributed by atoms with Gasteiger partial charge < -0.3 is 15.2 Å². The maximum absolute atomic E-state index is 6.57. The van der Waals surface area contributed by atoms with Gasteiger partial charge >= 0.3 is 0 Å². The molecule has 4 rings (SSSR count). The van der Waals surface area contributed by atoms with E-state index in [1.807, 2.05) is 0 Å². The van der Waals surface area contributed by atoms with Crippen LogP contribution < -0.4 is 5.73 Å². The number of benzene rings is 1. The predicted octanol–water partition coefficient (Wildman–Crippen LogP) is 3.07. The first-order chi connectivity index (χ1) is 9.76. The minimum atomic E-state index is 0.141. The summed E-state index contributed by atoms with van der Waals surface area (Å²) in [5.74, 6) is 0.560. The van der Waals surface area contributed by atoms with Crippen molar-refractivity contribution in [1.82, 2.24) is 0 Å². The minimum absolute atomic E-state index is 0.141. The number of rotatable bonds is 2. The Bertz CT molecular complexity index is 510. The van der Waals surface area contributed by atoms with Crippen LogP contribution in [0.2, 0.25) is 0 Å². The highest BCUT2D eigenvalue weighted by molar-refractivity contribution is 5.34. The molecule has 0 amide bonds. The van der Waals surface area contributed by atoms with Gasteiger partial charge in [0.25, 0.3) is 0 Å². The van der Waals surface area contributed by atoms with Crippen LogP contribution in [0.15, 0.2) is 18.2 Å². The van der Waals surface area contributed by atoms with Crippen LogP contribution in [0.5, 0.6) is 0 Å². The van der Waals surface area contributed by atoms with Crippen LogP contribution >= 0.6 is 0 Å². The highest BCUT2D eigenvalue weighted by Gasteiger charge is 2.43.